The van der Waals surface area contributed by atoms with Crippen molar-refractivity contribution in [2.45, 2.75) is 37.9 Å². The number of nitrogens with zero attached hydrogens (tertiary/aromatic N) is 3. The van der Waals surface area contributed by atoms with Crippen LogP contribution in [-0.2, 0) is 10.2 Å². The molecule has 6 nitrogen and oxygen atoms in total. The number of rotatable bonds is 7. The molecule has 1 atom stereocenters. The first kappa shape index (κ1) is 16.7. The van der Waals surface area contributed by atoms with Crippen LogP contribution < -0.4 is 5.32 Å². The number of pyridine rings is 1. The zero-order chi connectivity index (χ0) is 17.0. The average molecular weight is 332 g/mol. The molecule has 7 heteroatoms. The maximum Gasteiger partial charge on any atom is 0.200 e. The fraction of sp³-hybridized carbons (Fsp3) is 0.471. The summed E-state index contributed by atoms with van der Waals surface area (Å²) in [5, 5.41) is 20.9. The van der Waals surface area contributed by atoms with Crippen molar-refractivity contribution < 1.29 is 14.2 Å². The van der Waals surface area contributed by atoms with Gasteiger partial charge in [0.2, 0.25) is 0 Å². The van der Waals surface area contributed by atoms with Crippen molar-refractivity contribution in [3.8, 4) is 0 Å². The second-order valence-corrected chi connectivity index (χ2v) is 5.97. The highest BCUT2D eigenvalue weighted by atomic mass is 19.1. The maximum absolute atomic E-state index is 14.1. The van der Waals surface area contributed by atoms with Crippen LogP contribution in [-0.4, -0.2) is 33.4 Å². The van der Waals surface area contributed by atoms with Crippen LogP contribution in [0.2, 0.25) is 0 Å². The molecule has 0 amide bonds. The molecule has 0 saturated heterocycles. The van der Waals surface area contributed by atoms with Crippen molar-refractivity contribution >= 4 is 5.82 Å². The van der Waals surface area contributed by atoms with Gasteiger partial charge in [-0.2, -0.15) is 0 Å². The Bertz CT molecular complexity index is 677. The molecule has 0 aromatic carbocycles. The minimum absolute atomic E-state index is 0.264. The number of hydrogen-bond acceptors (Lipinski definition) is 6. The van der Waals surface area contributed by atoms with Crippen molar-refractivity contribution in [1.29, 1.82) is 0 Å². The molecule has 1 aliphatic rings. The number of anilines is 1. The highest BCUT2D eigenvalue weighted by molar-refractivity contribution is 5.36. The molecule has 128 valence electrons. The summed E-state index contributed by atoms with van der Waals surface area (Å²) in [5.74, 6) is 0.310. The molecule has 0 radical (unpaired) electrons. The predicted molar refractivity (Wildman–Crippen MR) is 86.8 cm³/mol. The van der Waals surface area contributed by atoms with E-state index in [9.17, 15) is 9.50 Å². The summed E-state index contributed by atoms with van der Waals surface area (Å²) >= 11 is 0. The highest BCUT2D eigenvalue weighted by Crippen LogP contribution is 2.43. The van der Waals surface area contributed by atoms with Crippen molar-refractivity contribution in [1.82, 2.24) is 15.2 Å². The quantitative estimate of drug-likeness (QED) is 0.759. The molecular formula is C17H21FN4O2. The largest absolute Gasteiger partial charge is 0.368 e. The lowest BCUT2D eigenvalue weighted by molar-refractivity contribution is -0.101. The molecule has 1 saturated carbocycles. The SMILES string of the molecule is CCOC(O)c1ccc(NCC2(c3ncccc3F)CCC2)nn1. The topological polar surface area (TPSA) is 80.2 Å². The molecule has 0 bridgehead atoms. The van der Waals surface area contributed by atoms with Gasteiger partial charge in [0.1, 0.15) is 17.3 Å². The Morgan fingerprint density at radius 2 is 2.17 bits per heavy atom. The molecule has 1 aliphatic carbocycles. The number of ether oxygens (including phenoxy) is 1. The minimum Gasteiger partial charge on any atom is -0.368 e. The van der Waals surface area contributed by atoms with E-state index in [0.29, 0.717) is 30.4 Å². The Kier molecular flexibility index (Phi) is 5.01. The van der Waals surface area contributed by atoms with Crippen molar-refractivity contribution in [3.05, 3.63) is 47.7 Å². The first-order valence-corrected chi connectivity index (χ1v) is 8.13. The third-order valence-electron chi connectivity index (χ3n) is 4.44. The molecule has 1 unspecified atom stereocenters. The zero-order valence-electron chi connectivity index (χ0n) is 13.6. The first-order valence-electron chi connectivity index (χ1n) is 8.13. The Morgan fingerprint density at radius 1 is 1.33 bits per heavy atom. The summed E-state index contributed by atoms with van der Waals surface area (Å²) in [4.78, 5) is 4.24. The van der Waals surface area contributed by atoms with Gasteiger partial charge < -0.3 is 15.2 Å². The maximum atomic E-state index is 14.1. The van der Waals surface area contributed by atoms with Crippen LogP contribution in [0.3, 0.4) is 0 Å². The number of aromatic nitrogens is 3. The van der Waals surface area contributed by atoms with E-state index in [1.54, 1.807) is 31.3 Å². The van der Waals surface area contributed by atoms with E-state index in [2.05, 4.69) is 20.5 Å². The summed E-state index contributed by atoms with van der Waals surface area (Å²) in [6.07, 6.45) is 3.40. The van der Waals surface area contributed by atoms with E-state index < -0.39 is 6.29 Å². The van der Waals surface area contributed by atoms with Gasteiger partial charge in [-0.3, -0.25) is 4.98 Å². The van der Waals surface area contributed by atoms with Crippen molar-refractivity contribution in [3.63, 3.8) is 0 Å². The van der Waals surface area contributed by atoms with Crippen LogP contribution in [0.1, 0.15) is 43.9 Å². The summed E-state index contributed by atoms with van der Waals surface area (Å²) in [6, 6.07) is 6.44. The Labute approximate surface area is 140 Å². The number of nitrogens with one attached hydrogen (secondary N) is 1. The minimum atomic E-state index is -1.07. The smallest absolute Gasteiger partial charge is 0.200 e. The van der Waals surface area contributed by atoms with Gasteiger partial charge in [-0.05, 0) is 44.0 Å². The fourth-order valence-corrected chi connectivity index (χ4v) is 2.95. The van der Waals surface area contributed by atoms with Crippen LogP contribution in [0.4, 0.5) is 10.2 Å². The van der Waals surface area contributed by atoms with Gasteiger partial charge in [0, 0.05) is 24.8 Å². The molecule has 1 fully saturated rings. The lowest BCUT2D eigenvalue weighted by Gasteiger charge is -2.41. The number of halogens is 1. The molecule has 2 N–H and O–H groups in total. The van der Waals surface area contributed by atoms with E-state index in [0.717, 1.165) is 19.3 Å². The van der Waals surface area contributed by atoms with Gasteiger partial charge in [-0.1, -0.05) is 6.42 Å². The van der Waals surface area contributed by atoms with E-state index >= 15 is 0 Å². The zero-order valence-corrected chi connectivity index (χ0v) is 13.6. The summed E-state index contributed by atoms with van der Waals surface area (Å²) in [6.45, 7) is 2.73. The van der Waals surface area contributed by atoms with Crippen LogP contribution in [0.25, 0.3) is 0 Å². The number of hydrogen-bond donors (Lipinski definition) is 2. The van der Waals surface area contributed by atoms with Gasteiger partial charge in [-0.15, -0.1) is 10.2 Å². The second-order valence-electron chi connectivity index (χ2n) is 5.97. The normalized spacial score (nSPS) is 17.1. The monoisotopic (exact) mass is 332 g/mol. The van der Waals surface area contributed by atoms with Crippen LogP contribution in [0.15, 0.2) is 30.5 Å². The van der Waals surface area contributed by atoms with Crippen LogP contribution >= 0.6 is 0 Å². The second kappa shape index (κ2) is 7.19. The molecule has 0 spiro atoms. The van der Waals surface area contributed by atoms with Gasteiger partial charge in [0.15, 0.2) is 6.29 Å². The van der Waals surface area contributed by atoms with Crippen LogP contribution in [0, 0.1) is 5.82 Å². The average Bonchev–Trinajstić information content (AvgIpc) is 2.56. The molecule has 2 aromatic heterocycles. The molecular weight excluding hydrogens is 311 g/mol. The van der Waals surface area contributed by atoms with E-state index in [1.165, 1.54) is 6.07 Å². The van der Waals surface area contributed by atoms with E-state index in [-0.39, 0.29) is 11.2 Å². The third-order valence-corrected chi connectivity index (χ3v) is 4.44. The Hall–Kier alpha value is -2.12. The van der Waals surface area contributed by atoms with Crippen LogP contribution in [0.5, 0.6) is 0 Å². The molecule has 2 heterocycles. The lowest BCUT2D eigenvalue weighted by atomic mass is 9.66. The molecule has 24 heavy (non-hydrogen) atoms. The summed E-state index contributed by atoms with van der Waals surface area (Å²) in [5.41, 5.74) is 0.577. The van der Waals surface area contributed by atoms with E-state index in [4.69, 9.17) is 4.74 Å². The fourth-order valence-electron chi connectivity index (χ4n) is 2.95. The van der Waals surface area contributed by atoms with Gasteiger partial charge in [0.25, 0.3) is 0 Å². The van der Waals surface area contributed by atoms with Gasteiger partial charge in [-0.25, -0.2) is 4.39 Å². The Balaban J connectivity index is 1.67. The first-order chi connectivity index (χ1) is 11.6. The lowest BCUT2D eigenvalue weighted by Crippen LogP contribution is -2.42. The summed E-state index contributed by atoms with van der Waals surface area (Å²) < 4.78 is 19.1. The highest BCUT2D eigenvalue weighted by Gasteiger charge is 2.41. The number of aliphatic hydroxyl groups is 1. The molecule has 2 aromatic rings. The van der Waals surface area contributed by atoms with Gasteiger partial charge in [0.05, 0.1) is 5.69 Å². The number of aliphatic hydroxyl groups excluding tert-OH is 1. The third kappa shape index (κ3) is 3.37. The van der Waals surface area contributed by atoms with Crippen molar-refractivity contribution in [2.75, 3.05) is 18.5 Å². The van der Waals surface area contributed by atoms with E-state index in [1.807, 2.05) is 0 Å². The molecule has 3 rings (SSSR count). The molecule has 0 aliphatic heterocycles. The van der Waals surface area contributed by atoms with Crippen molar-refractivity contribution in [2.24, 2.45) is 0 Å². The predicted octanol–water partition coefficient (Wildman–Crippen LogP) is 2.57. The van der Waals surface area contributed by atoms with Gasteiger partial charge >= 0.3 is 0 Å². The standard InChI is InChI=1S/C17H21FN4O2/c1-2-24-16(23)13-6-7-14(22-21-13)20-11-17(8-4-9-17)15-12(18)5-3-10-19-15/h3,5-7,10,16,23H,2,4,8-9,11H2,1H3,(H,20,22). The Morgan fingerprint density at radius 3 is 2.75 bits per heavy atom. The summed E-state index contributed by atoms with van der Waals surface area (Å²) in [7, 11) is 0.